The lowest BCUT2D eigenvalue weighted by molar-refractivity contribution is -0.182. The van der Waals surface area contributed by atoms with Crippen LogP contribution in [0.5, 0.6) is 0 Å². The number of carbonyl (C=O) groups is 1. The van der Waals surface area contributed by atoms with Gasteiger partial charge >= 0.3 is 0 Å². The Hall–Kier alpha value is -0.450. The fraction of sp³-hybridized carbons (Fsp3) is 0.967. The molecule has 0 aromatic rings. The monoisotopic (exact) mass is 472 g/mol. The van der Waals surface area contributed by atoms with Gasteiger partial charge in [-0.15, -0.1) is 0 Å². The second-order valence-corrected chi connectivity index (χ2v) is 14.9. The molecule has 2 spiro atoms. The molecule has 4 heteroatoms. The Morgan fingerprint density at radius 3 is 2.35 bits per heavy atom. The summed E-state index contributed by atoms with van der Waals surface area (Å²) in [6, 6.07) is 0. The van der Waals surface area contributed by atoms with Gasteiger partial charge in [-0.1, -0.05) is 34.6 Å². The molecule has 0 aromatic carbocycles. The molecule has 12 atom stereocenters. The van der Waals surface area contributed by atoms with Crippen LogP contribution in [0.25, 0.3) is 0 Å². The highest BCUT2D eigenvalue weighted by molar-refractivity contribution is 5.75. The molecule has 1 saturated heterocycles. The number of aliphatic hydroxyl groups is 2. The van der Waals surface area contributed by atoms with Crippen LogP contribution in [0, 0.1) is 50.7 Å². The lowest BCUT2D eigenvalue weighted by Crippen LogP contribution is -2.59. The zero-order valence-corrected chi connectivity index (χ0v) is 22.4. The molecule has 0 aromatic heterocycles. The summed E-state index contributed by atoms with van der Waals surface area (Å²) in [7, 11) is 0. The fourth-order valence-corrected chi connectivity index (χ4v) is 11.9. The first-order chi connectivity index (χ1) is 15.8. The Bertz CT molecular complexity index is 883. The summed E-state index contributed by atoms with van der Waals surface area (Å²) in [5, 5.41) is 23.0. The molecule has 6 aliphatic rings. The van der Waals surface area contributed by atoms with Crippen LogP contribution in [-0.2, 0) is 9.53 Å². The zero-order valence-electron chi connectivity index (χ0n) is 22.4. The quantitative estimate of drug-likeness (QED) is 0.567. The van der Waals surface area contributed by atoms with E-state index in [0.29, 0.717) is 40.9 Å². The molecule has 0 amide bonds. The van der Waals surface area contributed by atoms with Crippen LogP contribution in [0.4, 0.5) is 0 Å². The Morgan fingerprint density at radius 1 is 0.971 bits per heavy atom. The van der Waals surface area contributed by atoms with Crippen molar-refractivity contribution in [3.05, 3.63) is 0 Å². The predicted molar refractivity (Wildman–Crippen MR) is 132 cm³/mol. The average Bonchev–Trinajstić information content (AvgIpc) is 3.40. The van der Waals surface area contributed by atoms with Crippen molar-refractivity contribution in [3.63, 3.8) is 0 Å². The lowest BCUT2D eigenvalue weighted by atomic mass is 9.41. The van der Waals surface area contributed by atoms with E-state index < -0.39 is 6.10 Å². The lowest BCUT2D eigenvalue weighted by Gasteiger charge is -2.63. The van der Waals surface area contributed by atoms with Gasteiger partial charge in [-0.2, -0.15) is 0 Å². The molecule has 1 heterocycles. The maximum atomic E-state index is 12.1. The van der Waals surface area contributed by atoms with E-state index in [1.165, 1.54) is 38.5 Å². The van der Waals surface area contributed by atoms with E-state index in [1.807, 2.05) is 0 Å². The van der Waals surface area contributed by atoms with E-state index in [1.54, 1.807) is 6.92 Å². The summed E-state index contributed by atoms with van der Waals surface area (Å²) in [5.74, 6) is 2.30. The molecule has 1 aliphatic heterocycles. The molecular formula is C30H48O4. The molecule has 192 valence electrons. The number of ketones is 1. The van der Waals surface area contributed by atoms with Gasteiger partial charge in [-0.25, -0.2) is 0 Å². The molecule has 5 aliphatic carbocycles. The third kappa shape index (κ3) is 2.59. The summed E-state index contributed by atoms with van der Waals surface area (Å²) in [5.41, 5.74) is 0.704. The fourth-order valence-electron chi connectivity index (χ4n) is 11.9. The van der Waals surface area contributed by atoms with Crippen molar-refractivity contribution in [1.29, 1.82) is 0 Å². The molecule has 0 bridgehead atoms. The third-order valence-electron chi connectivity index (χ3n) is 13.7. The Balaban J connectivity index is 1.34. The maximum absolute atomic E-state index is 12.1. The predicted octanol–water partition coefficient (Wildman–Crippen LogP) is 5.53. The van der Waals surface area contributed by atoms with Gasteiger partial charge in [-0.05, 0) is 110 Å². The number of ether oxygens (including phenoxy) is 1. The van der Waals surface area contributed by atoms with Crippen molar-refractivity contribution in [2.24, 2.45) is 50.7 Å². The van der Waals surface area contributed by atoms with Gasteiger partial charge in [-0.3, -0.25) is 0 Å². The van der Waals surface area contributed by atoms with Gasteiger partial charge in [0.05, 0.1) is 24.4 Å². The minimum absolute atomic E-state index is 0.00177. The van der Waals surface area contributed by atoms with Crippen molar-refractivity contribution in [3.8, 4) is 0 Å². The average molecular weight is 473 g/mol. The van der Waals surface area contributed by atoms with Crippen LogP contribution in [0.15, 0.2) is 0 Å². The van der Waals surface area contributed by atoms with Crippen LogP contribution in [-0.4, -0.2) is 40.4 Å². The molecule has 6 fully saturated rings. The molecule has 3 unspecified atom stereocenters. The molecule has 34 heavy (non-hydrogen) atoms. The van der Waals surface area contributed by atoms with Crippen molar-refractivity contribution >= 4 is 5.78 Å². The number of rotatable bonds is 3. The maximum Gasteiger partial charge on any atom is 0.129 e. The van der Waals surface area contributed by atoms with Gasteiger partial charge in [0.15, 0.2) is 0 Å². The van der Waals surface area contributed by atoms with Crippen LogP contribution in [0.2, 0.25) is 0 Å². The van der Waals surface area contributed by atoms with E-state index in [4.69, 9.17) is 4.74 Å². The topological polar surface area (TPSA) is 66.8 Å². The number of Topliss-reactive ketones (excluding diaryl/α,β-unsaturated/α-hetero) is 1. The highest BCUT2D eigenvalue weighted by Crippen LogP contribution is 2.89. The van der Waals surface area contributed by atoms with Crippen LogP contribution >= 0.6 is 0 Å². The van der Waals surface area contributed by atoms with E-state index in [2.05, 4.69) is 34.6 Å². The summed E-state index contributed by atoms with van der Waals surface area (Å²) < 4.78 is 6.71. The van der Waals surface area contributed by atoms with Gasteiger partial charge in [0.25, 0.3) is 0 Å². The van der Waals surface area contributed by atoms with E-state index >= 15 is 0 Å². The number of hydrogen-bond donors (Lipinski definition) is 2. The summed E-state index contributed by atoms with van der Waals surface area (Å²) in [6.07, 6.45) is 10.1. The molecular weight excluding hydrogens is 424 g/mol. The van der Waals surface area contributed by atoms with Crippen molar-refractivity contribution in [2.75, 3.05) is 0 Å². The van der Waals surface area contributed by atoms with Crippen LogP contribution in [0.1, 0.15) is 106 Å². The highest BCUT2D eigenvalue weighted by Gasteiger charge is 2.84. The van der Waals surface area contributed by atoms with E-state index in [-0.39, 0.29) is 40.3 Å². The SMILES string of the molecule is CC(=O)CCC1C[C@@H](C)C2C(O1)[C@H](O)[C@@]1(C)[C@@H]3CC[C@H]4C(C)(C)[C@@H](O)CC[C@@]45C[C@@]35CC[C@]21C. The van der Waals surface area contributed by atoms with Crippen molar-refractivity contribution in [2.45, 2.75) is 130 Å². The number of aliphatic hydroxyl groups excluding tert-OH is 2. The minimum Gasteiger partial charge on any atom is -0.393 e. The highest BCUT2D eigenvalue weighted by atomic mass is 16.5. The third-order valence-corrected chi connectivity index (χ3v) is 13.7. The summed E-state index contributed by atoms with van der Waals surface area (Å²) >= 11 is 0. The first-order valence-electron chi connectivity index (χ1n) is 14.4. The Morgan fingerprint density at radius 2 is 1.65 bits per heavy atom. The molecule has 0 radical (unpaired) electrons. The number of carbonyl (C=O) groups excluding carboxylic acids is 1. The van der Waals surface area contributed by atoms with Gasteiger partial charge < -0.3 is 19.7 Å². The van der Waals surface area contributed by atoms with Gasteiger partial charge in [0, 0.05) is 11.8 Å². The second-order valence-electron chi connectivity index (χ2n) is 14.9. The second kappa shape index (κ2) is 7.10. The smallest absolute Gasteiger partial charge is 0.129 e. The first-order valence-corrected chi connectivity index (χ1v) is 14.4. The molecule has 4 nitrogen and oxygen atoms in total. The first kappa shape index (κ1) is 23.9. The minimum atomic E-state index is -0.427. The van der Waals surface area contributed by atoms with Crippen molar-refractivity contribution in [1.82, 2.24) is 0 Å². The Labute approximate surface area is 206 Å². The summed E-state index contributed by atoms with van der Waals surface area (Å²) in [6.45, 7) is 13.6. The standard InChI is InChI=1S/C30H48O4/c1-17-15-19(8-7-18(2)31)34-24-23(17)27(5)13-14-30-16-29(30)12-11-22(32)26(3,4)20(29)9-10-21(30)28(27,6)25(24)33/h17,19-25,32-33H,7-16H2,1-6H3/t17-,19?,20+,21+,22+,23?,24?,25+,27-,28-,29-,30+/m1/s1. The normalized spacial score (nSPS) is 59.2. The van der Waals surface area contributed by atoms with Gasteiger partial charge in [0.1, 0.15) is 5.78 Å². The van der Waals surface area contributed by atoms with Crippen molar-refractivity contribution < 1.29 is 19.7 Å². The molecule has 2 N–H and O–H groups in total. The van der Waals surface area contributed by atoms with Crippen LogP contribution < -0.4 is 0 Å². The van der Waals surface area contributed by atoms with Crippen LogP contribution in [0.3, 0.4) is 0 Å². The Kier molecular flexibility index (Phi) is 5.00. The van der Waals surface area contributed by atoms with E-state index in [9.17, 15) is 15.0 Å². The molecule has 5 saturated carbocycles. The van der Waals surface area contributed by atoms with E-state index in [0.717, 1.165) is 19.3 Å². The van der Waals surface area contributed by atoms with Gasteiger partial charge in [0.2, 0.25) is 0 Å². The molecule has 6 rings (SSSR count). The number of fused-ring (bicyclic) bond motifs is 4. The largest absolute Gasteiger partial charge is 0.393 e. The summed E-state index contributed by atoms with van der Waals surface area (Å²) in [4.78, 5) is 11.6. The zero-order chi connectivity index (χ0) is 24.5. The number of hydrogen-bond acceptors (Lipinski definition) is 4.